The van der Waals surface area contributed by atoms with Crippen LogP contribution < -0.4 is 48.2 Å². The molecule has 48 heteroatoms. The van der Waals surface area contributed by atoms with Crippen LogP contribution in [0.3, 0.4) is 0 Å². The number of hydrogen-bond donors (Lipinski definition) is 19. The van der Waals surface area contributed by atoms with E-state index >= 15 is 0 Å². The smallest absolute Gasteiger partial charge is 0.249 e. The normalized spacial score (nSPS) is 18.1. The number of carbonyl (C=O) groups is 19. The van der Waals surface area contributed by atoms with Gasteiger partial charge in [-0.2, -0.15) is 0 Å². The number of rotatable bonds is 54. The first-order chi connectivity index (χ1) is 65.4. The van der Waals surface area contributed by atoms with Crippen LogP contribution in [0.5, 0.6) is 17.2 Å². The molecule has 0 bridgehead atoms. The van der Waals surface area contributed by atoms with E-state index in [-0.39, 0.29) is 187 Å². The first-order valence-electron chi connectivity index (χ1n) is 44.9. The van der Waals surface area contributed by atoms with E-state index in [2.05, 4.69) is 58.2 Å². The van der Waals surface area contributed by atoms with E-state index in [4.69, 9.17) is 9.47 Å². The first-order valence-corrected chi connectivity index (χ1v) is 44.9. The van der Waals surface area contributed by atoms with Crippen molar-refractivity contribution in [1.82, 2.24) is 78.4 Å². The maximum Gasteiger partial charge on any atom is 0.249 e. The zero-order chi connectivity index (χ0) is 101. The standard InChI is InChI=1S/C30H42N6O10.C30H43N5O11.C29H40N6O10/c1-18-6-3-9-24(40)26(18)29-34-22(16-46-29)27(42)33-21(15-37)25(41)14-20(7-5-13-35(45)17-38)30(44)36-23(8-4-11-32-36)28(43)31-12-10-19(2)39;1-19(39)10-12-31-29(44)24-8-4-11-32-35(24)30(45)20(6-5-13-34(46)18-38)14-27(42)23(17-37)33-28(43)21(16-36)15-26(41)22-7-2-3-9-25(22)40;1-18(38)10-12-30-27(42)23-8-4-11-31-35(23)29(43)19(6-5-13-34(44)17-37)14-25(40)21(15-36)32-26(41)22-16-45-28(33-22)20-7-2-3-9-24(20)39/h3,6,9,17,20-23,32,37,40,45H,4-5,7-8,10-16H2,1-2H3,(H,31,43)(H,33,42);2-3,7,9,18,20-21,23-24,32,36-37,40,46H,4-6,8,10-17H2,1H3,(H,31,44)(H,33,43);2-3,7,9,17,19,21-23,31,36,39,44H,4-6,8,10-16H2,1H3,(H,30,42)(H,32,41)/t20-,21-,22-,23+;20-,21-,23-,24+;19-,21-,22-,23+/m000/s1. The minimum Gasteiger partial charge on any atom is -0.507 e. The molecule has 5 aliphatic rings. The number of nitrogens with one attached hydrogen (secondary N) is 9. The Hall–Kier alpha value is -13.1. The number of benzene rings is 3. The highest BCUT2D eigenvalue weighted by Crippen LogP contribution is 2.30. The molecule has 12 atom stereocenters. The maximum atomic E-state index is 13.8. The van der Waals surface area contributed by atoms with Gasteiger partial charge in [0.05, 0.1) is 49.0 Å². The molecule has 3 fully saturated rings. The zero-order valence-corrected chi connectivity index (χ0v) is 76.7. The van der Waals surface area contributed by atoms with Crippen molar-refractivity contribution in [1.29, 1.82) is 0 Å². The number of aromatic hydroxyl groups is 3. The minimum atomic E-state index is -1.51. The van der Waals surface area contributed by atoms with Crippen molar-refractivity contribution in [2.75, 3.05) is 98.5 Å². The quantitative estimate of drug-likeness (QED) is 0.0114. The molecule has 0 saturated carbocycles. The van der Waals surface area contributed by atoms with Crippen LogP contribution in [0.25, 0.3) is 0 Å². The number of hydrazine groups is 3. The number of ether oxygens (including phenoxy) is 2. The van der Waals surface area contributed by atoms with E-state index in [1.807, 2.05) is 0 Å². The SMILES string of the molecule is CC(=O)CCNC(=O)[C@H]1CCCNN1C(=O)[C@@H](CCCN(O)C=O)CC(=O)[C@H](CO)NC(=O)[C@@H]1COC(c2c(C)cccc2O)=N1.CC(=O)CCNC(=O)[C@H]1CCCNN1C(=O)[C@@H](CCCN(O)C=O)CC(=O)[C@H](CO)NC(=O)[C@@H]1COC(c2ccccc2O)=N1.CC(=O)CCNC(=O)[C@H]1CCCNN1C(=O)[C@@H](CCCN(O)C=O)CC(=O)[C@H](CO)NC(=O)[C@H](CO)CC(=O)c1ccccc1O. The molecule has 0 aliphatic carbocycles. The van der Waals surface area contributed by atoms with Crippen molar-refractivity contribution >= 4 is 125 Å². The molecule has 3 saturated heterocycles. The molecule has 752 valence electrons. The Morgan fingerprint density at radius 1 is 0.445 bits per heavy atom. The first kappa shape index (κ1) is 113. The number of aliphatic hydroxyl groups excluding tert-OH is 4. The molecule has 3 aromatic rings. The second-order valence-corrected chi connectivity index (χ2v) is 33.1. The van der Waals surface area contributed by atoms with Gasteiger partial charge in [-0.25, -0.2) is 41.5 Å². The fourth-order valence-electron chi connectivity index (χ4n) is 15.1. The third-order valence-electron chi connectivity index (χ3n) is 22.7. The van der Waals surface area contributed by atoms with Crippen molar-refractivity contribution in [3.63, 3.8) is 0 Å². The minimum absolute atomic E-state index is 0.0211. The summed E-state index contributed by atoms with van der Waals surface area (Å²) in [4.78, 5) is 246. The van der Waals surface area contributed by atoms with Gasteiger partial charge in [0.2, 0.25) is 84.2 Å². The Bertz CT molecular complexity index is 4730. The molecule has 3 aromatic carbocycles. The van der Waals surface area contributed by atoms with E-state index in [0.717, 1.165) is 5.01 Å². The van der Waals surface area contributed by atoms with Gasteiger partial charge in [-0.05, 0) is 141 Å². The van der Waals surface area contributed by atoms with Crippen molar-refractivity contribution in [2.45, 2.75) is 198 Å². The largest absolute Gasteiger partial charge is 0.507 e. The van der Waals surface area contributed by atoms with E-state index in [0.29, 0.717) is 84.5 Å². The van der Waals surface area contributed by atoms with Crippen molar-refractivity contribution in [3.05, 3.63) is 89.0 Å². The predicted octanol–water partition coefficient (Wildman–Crippen LogP) is -3.23. The van der Waals surface area contributed by atoms with E-state index in [1.165, 1.54) is 67.2 Å². The second kappa shape index (κ2) is 58.4. The number of phenols is 3. The fraction of sp³-hybridized carbons (Fsp3) is 0.562. The Labute approximate surface area is 788 Å². The third-order valence-corrected chi connectivity index (χ3v) is 22.7. The molecule has 137 heavy (non-hydrogen) atoms. The Morgan fingerprint density at radius 3 is 1.16 bits per heavy atom. The summed E-state index contributed by atoms with van der Waals surface area (Å²) in [7, 11) is 0. The third kappa shape index (κ3) is 35.9. The van der Waals surface area contributed by atoms with Crippen LogP contribution in [-0.4, -0.2) is 353 Å². The number of amides is 12. The molecular weight excluding hydrogens is 1800 g/mol. The van der Waals surface area contributed by atoms with Gasteiger partial charge >= 0.3 is 0 Å². The van der Waals surface area contributed by atoms with Crippen molar-refractivity contribution < 1.29 is 152 Å². The lowest BCUT2D eigenvalue weighted by Crippen LogP contribution is -2.60. The molecule has 48 nitrogen and oxygen atoms in total. The summed E-state index contributed by atoms with van der Waals surface area (Å²) in [6.07, 6.45) is 2.19. The van der Waals surface area contributed by atoms with Gasteiger partial charge in [-0.1, -0.05) is 36.4 Å². The van der Waals surface area contributed by atoms with Crippen molar-refractivity contribution in [3.8, 4) is 17.2 Å². The number of aliphatic hydroxyl groups is 4. The van der Waals surface area contributed by atoms with Crippen LogP contribution in [0.15, 0.2) is 76.7 Å². The highest BCUT2D eigenvalue weighted by atomic mass is 16.5. The number of phenolic OH excluding ortho intramolecular Hbond substituents is 3. The van der Waals surface area contributed by atoms with Gasteiger partial charge < -0.3 is 77.1 Å². The van der Waals surface area contributed by atoms with Gasteiger partial charge in [-0.15, -0.1) is 0 Å². The summed E-state index contributed by atoms with van der Waals surface area (Å²) in [6, 6.07) is 7.60. The molecule has 8 rings (SSSR count). The molecule has 0 radical (unpaired) electrons. The average Bonchev–Trinajstić information content (AvgIpc) is 1.80. The van der Waals surface area contributed by atoms with Gasteiger partial charge in [-0.3, -0.25) is 122 Å². The summed E-state index contributed by atoms with van der Waals surface area (Å²) < 4.78 is 11.0. The lowest BCUT2D eigenvalue weighted by Gasteiger charge is -2.37. The second-order valence-electron chi connectivity index (χ2n) is 33.1. The number of para-hydroxylation sites is 2. The number of Topliss-reactive ketones (excluding diaryl/α,β-unsaturated/α-hetero) is 7. The lowest BCUT2D eigenvalue weighted by atomic mass is 9.91. The predicted molar refractivity (Wildman–Crippen MR) is 477 cm³/mol. The van der Waals surface area contributed by atoms with E-state index < -0.39 is 200 Å². The Kier molecular flexibility index (Phi) is 48.0. The molecule has 0 unspecified atom stereocenters. The summed E-state index contributed by atoms with van der Waals surface area (Å²) in [6.45, 7) is 3.44. The van der Waals surface area contributed by atoms with Gasteiger partial charge in [0.1, 0.15) is 84.1 Å². The van der Waals surface area contributed by atoms with Gasteiger partial charge in [0.15, 0.2) is 35.2 Å². The van der Waals surface area contributed by atoms with Gasteiger partial charge in [0, 0.05) is 122 Å². The maximum absolute atomic E-state index is 13.8. The van der Waals surface area contributed by atoms with Gasteiger partial charge in [0.25, 0.3) is 0 Å². The van der Waals surface area contributed by atoms with Crippen molar-refractivity contribution in [2.24, 2.45) is 33.7 Å². The average molecular weight is 1930 g/mol. The van der Waals surface area contributed by atoms with Crippen LogP contribution in [-0.2, 0) is 95.8 Å². The highest BCUT2D eigenvalue weighted by molar-refractivity contribution is 6.05. The fourth-order valence-corrected chi connectivity index (χ4v) is 15.1. The summed E-state index contributed by atoms with van der Waals surface area (Å²) in [5.74, 6) is -13.5. The number of hydroxylamine groups is 6. The Morgan fingerprint density at radius 2 is 0.803 bits per heavy atom. The summed E-state index contributed by atoms with van der Waals surface area (Å²) in [5.41, 5.74) is 9.95. The number of nitrogens with zero attached hydrogens (tertiary/aromatic N) is 8. The van der Waals surface area contributed by atoms with Crippen LogP contribution in [0.1, 0.15) is 170 Å². The molecule has 5 aliphatic heterocycles. The number of aliphatic imine (C=N–C) groups is 2. The number of ketones is 7. The van der Waals surface area contributed by atoms with E-state index in [1.54, 1.807) is 37.3 Å². The zero-order valence-electron chi connectivity index (χ0n) is 76.7. The molecule has 12 amide bonds. The summed E-state index contributed by atoms with van der Waals surface area (Å²) in [5, 5.41) is 118. The molecular formula is C89H125N17O31. The highest BCUT2D eigenvalue weighted by Gasteiger charge is 2.43. The van der Waals surface area contributed by atoms with Crippen LogP contribution in [0, 0.1) is 30.6 Å². The molecule has 19 N–H and O–H groups in total. The van der Waals surface area contributed by atoms with Crippen LogP contribution in [0.2, 0.25) is 0 Å². The number of aryl methyl sites for hydroxylation is 1. The van der Waals surface area contributed by atoms with E-state index in [9.17, 15) is 142 Å². The lowest BCUT2D eigenvalue weighted by molar-refractivity contribution is -0.153. The molecule has 5 heterocycles. The number of hydrogen-bond acceptors (Lipinski definition) is 36. The van der Waals surface area contributed by atoms with Crippen LogP contribution >= 0.6 is 0 Å². The monoisotopic (exact) mass is 1930 g/mol. The Balaban J connectivity index is 0.000000315. The number of carbonyl (C=O) groups excluding carboxylic acids is 19. The van der Waals surface area contributed by atoms with Crippen LogP contribution in [0.4, 0.5) is 0 Å². The molecule has 0 spiro atoms. The molecule has 0 aromatic heterocycles. The topological polar surface area (TPSA) is 698 Å². The summed E-state index contributed by atoms with van der Waals surface area (Å²) >= 11 is 0.